The Kier molecular flexibility index (Phi) is 7.08. The second-order valence-corrected chi connectivity index (χ2v) is 7.73. The Hall–Kier alpha value is -3.06. The molecule has 1 atom stereocenters. The van der Waals surface area contributed by atoms with Crippen molar-refractivity contribution in [3.63, 3.8) is 0 Å². The number of thioether (sulfide) groups is 1. The lowest BCUT2D eigenvalue weighted by molar-refractivity contribution is -0.119. The third kappa shape index (κ3) is 6.22. The van der Waals surface area contributed by atoms with Gasteiger partial charge in [0.1, 0.15) is 5.82 Å². The van der Waals surface area contributed by atoms with E-state index in [0.717, 1.165) is 22.5 Å². The van der Waals surface area contributed by atoms with Crippen molar-refractivity contribution in [2.45, 2.75) is 19.9 Å². The number of anilines is 1. The van der Waals surface area contributed by atoms with Crippen LogP contribution >= 0.6 is 11.8 Å². The van der Waals surface area contributed by atoms with Crippen molar-refractivity contribution in [3.8, 4) is 11.3 Å². The van der Waals surface area contributed by atoms with Crippen LogP contribution in [0.3, 0.4) is 0 Å². The summed E-state index contributed by atoms with van der Waals surface area (Å²) < 4.78 is 0. The molecule has 2 aromatic carbocycles. The number of aromatic amines is 1. The molecule has 1 aromatic heterocycles. The lowest BCUT2D eigenvalue weighted by atomic mass is 10.2. The van der Waals surface area contributed by atoms with Crippen LogP contribution in [0.2, 0.25) is 0 Å². The summed E-state index contributed by atoms with van der Waals surface area (Å²) in [4.78, 5) is 31.8. The van der Waals surface area contributed by atoms with E-state index in [4.69, 9.17) is 0 Å². The number of carbonyl (C=O) groups excluding carboxylic acids is 2. The fraction of sp³-hybridized carbons (Fsp3) is 0.227. The van der Waals surface area contributed by atoms with Crippen molar-refractivity contribution < 1.29 is 9.59 Å². The van der Waals surface area contributed by atoms with Gasteiger partial charge >= 0.3 is 0 Å². The van der Waals surface area contributed by atoms with Gasteiger partial charge in [-0.15, -0.1) is 11.8 Å². The standard InChI is InChI=1S/C22H24N4O2S/c1-15-7-6-10-18(11-15)25-21(28)14-29-13-20(27)24-16(2)22-23-12-19(26-22)17-8-4-3-5-9-17/h3-12,16H,13-14H2,1-2H3,(H,23,26)(H,24,27)(H,25,28). The maximum atomic E-state index is 12.2. The molecule has 0 spiro atoms. The van der Waals surface area contributed by atoms with E-state index in [1.807, 2.05) is 68.4 Å². The summed E-state index contributed by atoms with van der Waals surface area (Å²) >= 11 is 1.28. The molecule has 0 radical (unpaired) electrons. The zero-order valence-electron chi connectivity index (χ0n) is 16.4. The predicted octanol–water partition coefficient (Wildman–Crippen LogP) is 3.93. The van der Waals surface area contributed by atoms with E-state index in [1.165, 1.54) is 11.8 Å². The molecule has 150 valence electrons. The number of aromatic nitrogens is 2. The van der Waals surface area contributed by atoms with Crippen molar-refractivity contribution in [3.05, 3.63) is 72.2 Å². The molecule has 0 fully saturated rings. The molecular formula is C22H24N4O2S. The van der Waals surface area contributed by atoms with Crippen LogP contribution in [0.1, 0.15) is 24.4 Å². The lowest BCUT2D eigenvalue weighted by Gasteiger charge is -2.11. The molecule has 0 aliphatic carbocycles. The number of H-pyrrole nitrogens is 1. The third-order valence-electron chi connectivity index (χ3n) is 4.24. The van der Waals surface area contributed by atoms with Crippen LogP contribution in [-0.2, 0) is 9.59 Å². The van der Waals surface area contributed by atoms with E-state index in [-0.39, 0.29) is 29.4 Å². The van der Waals surface area contributed by atoms with Gasteiger partial charge in [0.25, 0.3) is 0 Å². The van der Waals surface area contributed by atoms with Gasteiger partial charge in [-0.3, -0.25) is 9.59 Å². The van der Waals surface area contributed by atoms with Crippen LogP contribution in [0, 0.1) is 6.92 Å². The van der Waals surface area contributed by atoms with Crippen LogP contribution in [0.15, 0.2) is 60.8 Å². The normalized spacial score (nSPS) is 11.7. The maximum Gasteiger partial charge on any atom is 0.234 e. The van der Waals surface area contributed by atoms with E-state index in [0.29, 0.717) is 5.82 Å². The second-order valence-electron chi connectivity index (χ2n) is 6.75. The van der Waals surface area contributed by atoms with Crippen LogP contribution in [-0.4, -0.2) is 33.3 Å². The highest BCUT2D eigenvalue weighted by Crippen LogP contribution is 2.19. The Balaban J connectivity index is 1.42. The van der Waals surface area contributed by atoms with E-state index in [1.54, 1.807) is 6.20 Å². The smallest absolute Gasteiger partial charge is 0.234 e. The third-order valence-corrected chi connectivity index (χ3v) is 5.17. The van der Waals surface area contributed by atoms with Crippen LogP contribution in [0.4, 0.5) is 5.69 Å². The van der Waals surface area contributed by atoms with Crippen molar-refractivity contribution in [2.75, 3.05) is 16.8 Å². The molecule has 0 saturated carbocycles. The Labute approximate surface area is 174 Å². The monoisotopic (exact) mass is 408 g/mol. The first-order chi connectivity index (χ1) is 14.0. The number of rotatable bonds is 8. The summed E-state index contributed by atoms with van der Waals surface area (Å²) in [7, 11) is 0. The number of imidazole rings is 1. The molecule has 3 rings (SSSR count). The molecule has 2 amide bonds. The first kappa shape index (κ1) is 20.7. The molecule has 0 aliphatic rings. The van der Waals surface area contributed by atoms with Crippen molar-refractivity contribution in [2.24, 2.45) is 0 Å². The lowest BCUT2D eigenvalue weighted by Crippen LogP contribution is -2.29. The molecule has 7 heteroatoms. The van der Waals surface area contributed by atoms with E-state index in [2.05, 4.69) is 20.6 Å². The summed E-state index contributed by atoms with van der Waals surface area (Å²) in [5.74, 6) is 0.856. The van der Waals surface area contributed by atoms with Gasteiger partial charge in [-0.05, 0) is 37.1 Å². The zero-order chi connectivity index (χ0) is 20.6. The highest BCUT2D eigenvalue weighted by Gasteiger charge is 2.14. The number of hydrogen-bond acceptors (Lipinski definition) is 4. The summed E-state index contributed by atoms with van der Waals surface area (Å²) in [6.45, 7) is 3.85. The Morgan fingerprint density at radius 1 is 1.07 bits per heavy atom. The number of carbonyl (C=O) groups is 2. The molecule has 29 heavy (non-hydrogen) atoms. The van der Waals surface area contributed by atoms with Gasteiger partial charge in [0.2, 0.25) is 11.8 Å². The van der Waals surface area contributed by atoms with Gasteiger partial charge < -0.3 is 15.6 Å². The van der Waals surface area contributed by atoms with E-state index >= 15 is 0 Å². The molecule has 0 aliphatic heterocycles. The largest absolute Gasteiger partial charge is 0.346 e. The predicted molar refractivity (Wildman–Crippen MR) is 118 cm³/mol. The highest BCUT2D eigenvalue weighted by molar-refractivity contribution is 8.00. The minimum atomic E-state index is -0.248. The average molecular weight is 409 g/mol. The van der Waals surface area contributed by atoms with Crippen LogP contribution in [0.5, 0.6) is 0 Å². The number of nitrogens with zero attached hydrogens (tertiary/aromatic N) is 1. The minimum absolute atomic E-state index is 0.125. The van der Waals surface area contributed by atoms with Gasteiger partial charge in [-0.1, -0.05) is 42.5 Å². The molecule has 3 N–H and O–H groups in total. The first-order valence-corrected chi connectivity index (χ1v) is 10.5. The number of aryl methyl sites for hydroxylation is 1. The minimum Gasteiger partial charge on any atom is -0.346 e. The molecule has 6 nitrogen and oxygen atoms in total. The zero-order valence-corrected chi connectivity index (χ0v) is 17.3. The fourth-order valence-corrected chi connectivity index (χ4v) is 3.46. The number of hydrogen-bond donors (Lipinski definition) is 3. The van der Waals surface area contributed by atoms with E-state index < -0.39 is 0 Å². The first-order valence-electron chi connectivity index (χ1n) is 9.35. The second kappa shape index (κ2) is 9.93. The number of amides is 2. The number of nitrogens with one attached hydrogen (secondary N) is 3. The SMILES string of the molecule is Cc1cccc(NC(=O)CSCC(=O)NC(C)c2ncc(-c3ccccc3)[nH]2)c1. The Morgan fingerprint density at radius 3 is 2.59 bits per heavy atom. The number of benzene rings is 2. The van der Waals surface area contributed by atoms with Gasteiger partial charge in [0.15, 0.2) is 0 Å². The van der Waals surface area contributed by atoms with Crippen LogP contribution < -0.4 is 10.6 Å². The summed E-state index contributed by atoms with van der Waals surface area (Å²) in [6.07, 6.45) is 1.76. The average Bonchev–Trinajstić information content (AvgIpc) is 3.19. The summed E-state index contributed by atoms with van der Waals surface area (Å²) in [6, 6.07) is 17.3. The van der Waals surface area contributed by atoms with Crippen molar-refractivity contribution >= 4 is 29.3 Å². The van der Waals surface area contributed by atoms with Crippen molar-refractivity contribution in [1.29, 1.82) is 0 Å². The highest BCUT2D eigenvalue weighted by atomic mass is 32.2. The molecule has 1 heterocycles. The fourth-order valence-electron chi connectivity index (χ4n) is 2.83. The summed E-state index contributed by atoms with van der Waals surface area (Å²) in [5.41, 5.74) is 3.79. The molecule has 1 unspecified atom stereocenters. The van der Waals surface area contributed by atoms with Gasteiger partial charge in [-0.2, -0.15) is 0 Å². The van der Waals surface area contributed by atoms with Crippen molar-refractivity contribution in [1.82, 2.24) is 15.3 Å². The Morgan fingerprint density at radius 2 is 1.83 bits per heavy atom. The molecule has 0 bridgehead atoms. The molecular weight excluding hydrogens is 384 g/mol. The quantitative estimate of drug-likeness (QED) is 0.527. The van der Waals surface area contributed by atoms with E-state index in [9.17, 15) is 9.59 Å². The molecule has 0 saturated heterocycles. The van der Waals surface area contributed by atoms with Gasteiger partial charge in [0, 0.05) is 5.69 Å². The topological polar surface area (TPSA) is 86.9 Å². The van der Waals surface area contributed by atoms with Crippen LogP contribution in [0.25, 0.3) is 11.3 Å². The molecule has 3 aromatic rings. The summed E-state index contributed by atoms with van der Waals surface area (Å²) in [5, 5.41) is 5.74. The van der Waals surface area contributed by atoms with Gasteiger partial charge in [0.05, 0.1) is 29.4 Å². The Bertz CT molecular complexity index is 972. The van der Waals surface area contributed by atoms with Gasteiger partial charge in [-0.25, -0.2) is 4.98 Å². The maximum absolute atomic E-state index is 12.2.